The number of hydrogen-bond donors (Lipinski definition) is 0. The summed E-state index contributed by atoms with van der Waals surface area (Å²) >= 11 is 0. The molecule has 0 saturated carbocycles. The number of amides is 1. The molecule has 3 aromatic carbocycles. The number of methoxy groups -OCH3 is 2. The minimum atomic E-state index is -0.487. The van der Waals surface area contributed by atoms with Gasteiger partial charge in [0.1, 0.15) is 17.2 Å². The fraction of sp³-hybridized carbons (Fsp3) is 0.192. The smallest absolute Gasteiger partial charge is 0.343 e. The van der Waals surface area contributed by atoms with Gasteiger partial charge >= 0.3 is 5.97 Å². The van der Waals surface area contributed by atoms with E-state index in [0.717, 1.165) is 11.3 Å². The number of hydrazone groups is 1. The van der Waals surface area contributed by atoms with E-state index in [1.165, 1.54) is 11.9 Å². The number of esters is 1. The maximum Gasteiger partial charge on any atom is 0.343 e. The summed E-state index contributed by atoms with van der Waals surface area (Å²) in [6.45, 7) is 1.48. The van der Waals surface area contributed by atoms with E-state index >= 15 is 0 Å². The van der Waals surface area contributed by atoms with Gasteiger partial charge in [-0.2, -0.15) is 5.10 Å². The van der Waals surface area contributed by atoms with Gasteiger partial charge in [0.25, 0.3) is 0 Å². The Labute approximate surface area is 192 Å². The van der Waals surface area contributed by atoms with E-state index in [-0.39, 0.29) is 11.9 Å². The molecule has 0 spiro atoms. The van der Waals surface area contributed by atoms with Gasteiger partial charge in [-0.05, 0) is 42.0 Å². The monoisotopic (exact) mass is 444 g/mol. The lowest BCUT2D eigenvalue weighted by atomic mass is 9.97. The van der Waals surface area contributed by atoms with E-state index < -0.39 is 5.97 Å². The standard InChI is InChI=1S/C26H24N2O5/c1-17(29)28-24(18-9-11-20(31-2)12-10-18)16-23(27-28)22-14-13-21(32-3)15-25(22)33-26(30)19-7-5-4-6-8-19/h4-15,24H,16H2,1-3H3/t24-/m1/s1. The first-order chi connectivity index (χ1) is 16.0. The first-order valence-corrected chi connectivity index (χ1v) is 10.5. The maximum absolute atomic E-state index is 12.7. The van der Waals surface area contributed by atoms with Crippen LogP contribution in [0.5, 0.6) is 17.2 Å². The van der Waals surface area contributed by atoms with Crippen molar-refractivity contribution in [3.63, 3.8) is 0 Å². The maximum atomic E-state index is 12.7. The Kier molecular flexibility index (Phi) is 6.40. The highest BCUT2D eigenvalue weighted by Gasteiger charge is 2.33. The molecule has 3 aromatic rings. The van der Waals surface area contributed by atoms with Gasteiger partial charge < -0.3 is 14.2 Å². The van der Waals surface area contributed by atoms with Crippen molar-refractivity contribution in [1.82, 2.24) is 5.01 Å². The average molecular weight is 444 g/mol. The quantitative estimate of drug-likeness (QED) is 0.410. The van der Waals surface area contributed by atoms with Crippen LogP contribution in [0.4, 0.5) is 0 Å². The zero-order chi connectivity index (χ0) is 23.4. The third-order valence-electron chi connectivity index (χ3n) is 5.45. The van der Waals surface area contributed by atoms with Crippen molar-refractivity contribution in [1.29, 1.82) is 0 Å². The zero-order valence-electron chi connectivity index (χ0n) is 18.6. The van der Waals surface area contributed by atoms with E-state index in [2.05, 4.69) is 5.10 Å². The summed E-state index contributed by atoms with van der Waals surface area (Å²) in [5.74, 6) is 0.933. The lowest BCUT2D eigenvalue weighted by Gasteiger charge is -2.20. The Morgan fingerprint density at radius 1 is 0.909 bits per heavy atom. The Morgan fingerprint density at radius 3 is 2.21 bits per heavy atom. The molecule has 0 aliphatic carbocycles. The molecule has 1 heterocycles. The molecule has 1 aliphatic heterocycles. The lowest BCUT2D eigenvalue weighted by molar-refractivity contribution is -0.130. The summed E-state index contributed by atoms with van der Waals surface area (Å²) in [6, 6.07) is 21.2. The lowest BCUT2D eigenvalue weighted by Crippen LogP contribution is -2.24. The molecule has 0 unspecified atom stereocenters. The van der Waals surface area contributed by atoms with Crippen LogP contribution in [-0.2, 0) is 4.79 Å². The molecule has 0 fully saturated rings. The van der Waals surface area contributed by atoms with E-state index in [1.807, 2.05) is 30.3 Å². The molecule has 0 bridgehead atoms. The van der Waals surface area contributed by atoms with Crippen molar-refractivity contribution in [2.45, 2.75) is 19.4 Å². The molecule has 4 rings (SSSR count). The van der Waals surface area contributed by atoms with Crippen LogP contribution in [0.15, 0.2) is 77.9 Å². The molecule has 168 valence electrons. The summed E-state index contributed by atoms with van der Waals surface area (Å²) in [5, 5.41) is 6.05. The van der Waals surface area contributed by atoms with E-state index in [1.54, 1.807) is 56.7 Å². The van der Waals surface area contributed by atoms with Gasteiger partial charge in [-0.15, -0.1) is 0 Å². The largest absolute Gasteiger partial charge is 0.497 e. The van der Waals surface area contributed by atoms with Gasteiger partial charge in [0.05, 0.1) is 31.5 Å². The first-order valence-electron chi connectivity index (χ1n) is 10.5. The van der Waals surface area contributed by atoms with E-state index in [4.69, 9.17) is 14.2 Å². The Morgan fingerprint density at radius 2 is 1.58 bits per heavy atom. The molecule has 33 heavy (non-hydrogen) atoms. The van der Waals surface area contributed by atoms with Crippen LogP contribution in [0.1, 0.15) is 40.9 Å². The fourth-order valence-electron chi connectivity index (χ4n) is 3.73. The van der Waals surface area contributed by atoms with E-state index in [0.29, 0.717) is 34.8 Å². The summed E-state index contributed by atoms with van der Waals surface area (Å²) in [7, 11) is 3.15. The van der Waals surface area contributed by atoms with Crippen LogP contribution >= 0.6 is 0 Å². The zero-order valence-corrected chi connectivity index (χ0v) is 18.6. The number of carbonyl (C=O) groups excluding carboxylic acids is 2. The van der Waals surface area contributed by atoms with Gasteiger partial charge in [0.15, 0.2) is 0 Å². The van der Waals surface area contributed by atoms with Crippen LogP contribution in [0, 0.1) is 0 Å². The summed E-state index contributed by atoms with van der Waals surface area (Å²) in [5.41, 5.74) is 2.63. The molecular formula is C26H24N2O5. The third kappa shape index (κ3) is 4.72. The molecule has 1 amide bonds. The molecule has 7 nitrogen and oxygen atoms in total. The van der Waals surface area contributed by atoms with Gasteiger partial charge in [-0.25, -0.2) is 9.80 Å². The van der Waals surface area contributed by atoms with Crippen molar-refractivity contribution in [2.75, 3.05) is 14.2 Å². The number of rotatable bonds is 6. The molecular weight excluding hydrogens is 420 g/mol. The normalized spacial score (nSPS) is 15.1. The Balaban J connectivity index is 1.67. The number of benzene rings is 3. The van der Waals surface area contributed by atoms with Gasteiger partial charge in [-0.1, -0.05) is 30.3 Å². The van der Waals surface area contributed by atoms with Crippen molar-refractivity contribution >= 4 is 17.6 Å². The molecule has 0 N–H and O–H groups in total. The predicted octanol–water partition coefficient (Wildman–Crippen LogP) is 4.62. The Hall–Kier alpha value is -4.13. The molecule has 1 atom stereocenters. The molecule has 1 aliphatic rings. The molecule has 0 saturated heterocycles. The topological polar surface area (TPSA) is 77.4 Å². The predicted molar refractivity (Wildman–Crippen MR) is 124 cm³/mol. The van der Waals surface area contributed by atoms with Crippen LogP contribution in [0.25, 0.3) is 0 Å². The van der Waals surface area contributed by atoms with Crippen molar-refractivity contribution in [3.05, 3.63) is 89.5 Å². The van der Waals surface area contributed by atoms with E-state index in [9.17, 15) is 9.59 Å². The molecule has 7 heteroatoms. The second-order valence-electron chi connectivity index (χ2n) is 7.52. The minimum absolute atomic E-state index is 0.179. The van der Waals surface area contributed by atoms with Crippen LogP contribution in [0.3, 0.4) is 0 Å². The van der Waals surface area contributed by atoms with Crippen molar-refractivity contribution < 1.29 is 23.8 Å². The SMILES string of the molecule is COc1ccc([C@H]2CC(c3ccc(OC)cc3OC(=O)c3ccccc3)=NN2C(C)=O)cc1. The number of nitrogens with zero attached hydrogens (tertiary/aromatic N) is 2. The van der Waals surface area contributed by atoms with Gasteiger partial charge in [-0.3, -0.25) is 4.79 Å². The average Bonchev–Trinajstić information content (AvgIpc) is 3.30. The molecule has 0 aromatic heterocycles. The van der Waals surface area contributed by atoms with Gasteiger partial charge in [0, 0.05) is 25.0 Å². The highest BCUT2D eigenvalue weighted by Crippen LogP contribution is 2.37. The van der Waals surface area contributed by atoms with Crippen molar-refractivity contribution in [3.8, 4) is 17.2 Å². The second kappa shape index (κ2) is 9.56. The Bertz CT molecular complexity index is 1190. The van der Waals surface area contributed by atoms with Gasteiger partial charge in [0.2, 0.25) is 5.91 Å². The van der Waals surface area contributed by atoms with Crippen LogP contribution < -0.4 is 14.2 Å². The number of hydrogen-bond acceptors (Lipinski definition) is 6. The minimum Gasteiger partial charge on any atom is -0.497 e. The number of carbonyl (C=O) groups is 2. The number of ether oxygens (including phenoxy) is 3. The second-order valence-corrected chi connectivity index (χ2v) is 7.52. The summed E-state index contributed by atoms with van der Waals surface area (Å²) in [4.78, 5) is 25.1. The third-order valence-corrected chi connectivity index (χ3v) is 5.45. The first kappa shape index (κ1) is 22.1. The molecule has 0 radical (unpaired) electrons. The summed E-state index contributed by atoms with van der Waals surface area (Å²) < 4.78 is 16.3. The summed E-state index contributed by atoms with van der Waals surface area (Å²) in [6.07, 6.45) is 0.466. The van der Waals surface area contributed by atoms with Crippen molar-refractivity contribution in [2.24, 2.45) is 5.10 Å². The highest BCUT2D eigenvalue weighted by atomic mass is 16.5. The highest BCUT2D eigenvalue weighted by molar-refractivity contribution is 6.06. The van der Waals surface area contributed by atoms with Crippen LogP contribution in [0.2, 0.25) is 0 Å². The fourth-order valence-corrected chi connectivity index (χ4v) is 3.73. The van der Waals surface area contributed by atoms with Crippen LogP contribution in [-0.4, -0.2) is 36.8 Å².